The van der Waals surface area contributed by atoms with Crippen LogP contribution in [0.2, 0.25) is 0 Å². The maximum absolute atomic E-state index is 5.70. The Morgan fingerprint density at radius 3 is 2.80 bits per heavy atom. The number of nitrogens with zero attached hydrogens (tertiary/aromatic N) is 1. The SMILES string of the molecule is CCOC1CCCN(CC(C)(C)CS)C1. The lowest BCUT2D eigenvalue weighted by molar-refractivity contribution is -0.00192. The zero-order valence-corrected chi connectivity index (χ0v) is 11.2. The zero-order chi connectivity index (χ0) is 11.3. The number of hydrogen-bond donors (Lipinski definition) is 1. The molecular formula is C12H25NOS. The minimum atomic E-state index is 0.317. The Morgan fingerprint density at radius 2 is 2.20 bits per heavy atom. The molecule has 0 spiro atoms. The Bertz CT molecular complexity index is 182. The van der Waals surface area contributed by atoms with Gasteiger partial charge in [-0.25, -0.2) is 0 Å². The smallest absolute Gasteiger partial charge is 0.0702 e. The third-order valence-corrected chi connectivity index (χ3v) is 3.80. The molecule has 0 aromatic carbocycles. The van der Waals surface area contributed by atoms with Crippen molar-refractivity contribution in [3.63, 3.8) is 0 Å². The van der Waals surface area contributed by atoms with Crippen LogP contribution in [0.4, 0.5) is 0 Å². The van der Waals surface area contributed by atoms with Gasteiger partial charge in [0, 0.05) is 19.7 Å². The number of ether oxygens (including phenoxy) is 1. The number of piperidine rings is 1. The van der Waals surface area contributed by atoms with Crippen molar-refractivity contribution < 1.29 is 4.74 Å². The van der Waals surface area contributed by atoms with Gasteiger partial charge in [0.25, 0.3) is 0 Å². The van der Waals surface area contributed by atoms with E-state index < -0.39 is 0 Å². The van der Waals surface area contributed by atoms with E-state index in [1.807, 2.05) is 0 Å². The normalized spacial score (nSPS) is 24.4. The molecule has 0 aromatic heterocycles. The van der Waals surface area contributed by atoms with Crippen LogP contribution in [0.5, 0.6) is 0 Å². The van der Waals surface area contributed by atoms with Crippen molar-refractivity contribution in [3.8, 4) is 0 Å². The summed E-state index contributed by atoms with van der Waals surface area (Å²) in [5.41, 5.74) is 0.317. The number of hydrogen-bond acceptors (Lipinski definition) is 3. The summed E-state index contributed by atoms with van der Waals surface area (Å²) in [6.07, 6.45) is 2.96. The van der Waals surface area contributed by atoms with Gasteiger partial charge in [-0.2, -0.15) is 12.6 Å². The molecule has 0 aliphatic carbocycles. The summed E-state index contributed by atoms with van der Waals surface area (Å²) in [5, 5.41) is 0. The first-order valence-corrected chi connectivity index (χ1v) is 6.65. The van der Waals surface area contributed by atoms with E-state index in [2.05, 4.69) is 38.3 Å². The summed E-state index contributed by atoms with van der Waals surface area (Å²) in [6.45, 7) is 10.9. The molecule has 90 valence electrons. The van der Waals surface area contributed by atoms with Crippen LogP contribution in [0, 0.1) is 5.41 Å². The minimum Gasteiger partial charge on any atom is -0.377 e. The summed E-state index contributed by atoms with van der Waals surface area (Å²) in [5.74, 6) is 0.947. The van der Waals surface area contributed by atoms with E-state index in [0.717, 1.165) is 25.4 Å². The molecule has 1 fully saturated rings. The van der Waals surface area contributed by atoms with Crippen LogP contribution in [-0.4, -0.2) is 43.0 Å². The van der Waals surface area contributed by atoms with Gasteiger partial charge in [0.2, 0.25) is 0 Å². The lowest BCUT2D eigenvalue weighted by Gasteiger charge is -2.37. The molecule has 15 heavy (non-hydrogen) atoms. The van der Waals surface area contributed by atoms with Crippen LogP contribution in [0.25, 0.3) is 0 Å². The first-order chi connectivity index (χ1) is 7.07. The van der Waals surface area contributed by atoms with Crippen molar-refractivity contribution >= 4 is 12.6 Å². The summed E-state index contributed by atoms with van der Waals surface area (Å²) >= 11 is 4.41. The Labute approximate surface area is 99.8 Å². The molecule has 0 amide bonds. The van der Waals surface area contributed by atoms with Crippen molar-refractivity contribution in [2.75, 3.05) is 32.0 Å². The van der Waals surface area contributed by atoms with Gasteiger partial charge >= 0.3 is 0 Å². The highest BCUT2D eigenvalue weighted by atomic mass is 32.1. The van der Waals surface area contributed by atoms with Gasteiger partial charge in [-0.15, -0.1) is 0 Å². The monoisotopic (exact) mass is 231 g/mol. The maximum atomic E-state index is 5.70. The molecule has 0 radical (unpaired) electrons. The van der Waals surface area contributed by atoms with Gasteiger partial charge < -0.3 is 9.64 Å². The van der Waals surface area contributed by atoms with E-state index in [1.54, 1.807) is 0 Å². The summed E-state index contributed by atoms with van der Waals surface area (Å²) in [7, 11) is 0. The van der Waals surface area contributed by atoms with Gasteiger partial charge in [0.1, 0.15) is 0 Å². The molecule has 2 nitrogen and oxygen atoms in total. The van der Waals surface area contributed by atoms with Crippen LogP contribution in [0.15, 0.2) is 0 Å². The predicted octanol–water partition coefficient (Wildman–Crippen LogP) is 2.44. The van der Waals surface area contributed by atoms with Crippen molar-refractivity contribution in [1.29, 1.82) is 0 Å². The fourth-order valence-corrected chi connectivity index (χ4v) is 2.28. The number of rotatable bonds is 5. The average molecular weight is 231 g/mol. The molecule has 3 heteroatoms. The summed E-state index contributed by atoms with van der Waals surface area (Å²) in [6, 6.07) is 0. The number of likely N-dealkylation sites (tertiary alicyclic amines) is 1. The third kappa shape index (κ3) is 4.75. The summed E-state index contributed by atoms with van der Waals surface area (Å²) in [4.78, 5) is 2.53. The van der Waals surface area contributed by atoms with Crippen molar-refractivity contribution in [2.45, 2.75) is 39.7 Å². The quantitative estimate of drug-likeness (QED) is 0.730. The molecule has 1 unspecified atom stereocenters. The predicted molar refractivity (Wildman–Crippen MR) is 68.7 cm³/mol. The Balaban J connectivity index is 2.36. The van der Waals surface area contributed by atoms with E-state index in [-0.39, 0.29) is 0 Å². The first kappa shape index (κ1) is 13.3. The van der Waals surface area contributed by atoms with Gasteiger partial charge in [-0.3, -0.25) is 0 Å². The highest BCUT2D eigenvalue weighted by Gasteiger charge is 2.25. The Hall–Kier alpha value is 0.270. The van der Waals surface area contributed by atoms with Crippen molar-refractivity contribution in [2.24, 2.45) is 5.41 Å². The highest BCUT2D eigenvalue weighted by Crippen LogP contribution is 2.22. The van der Waals surface area contributed by atoms with E-state index in [4.69, 9.17) is 4.74 Å². The highest BCUT2D eigenvalue weighted by molar-refractivity contribution is 7.80. The third-order valence-electron chi connectivity index (χ3n) is 2.94. The Kier molecular flexibility index (Phi) is 5.44. The lowest BCUT2D eigenvalue weighted by Crippen LogP contribution is -2.44. The Morgan fingerprint density at radius 1 is 1.47 bits per heavy atom. The van der Waals surface area contributed by atoms with E-state index in [0.29, 0.717) is 11.5 Å². The molecule has 1 aliphatic heterocycles. The van der Waals surface area contributed by atoms with Gasteiger partial charge in [-0.05, 0) is 37.5 Å². The summed E-state index contributed by atoms with van der Waals surface area (Å²) < 4.78 is 5.70. The van der Waals surface area contributed by atoms with Gasteiger partial charge in [0.15, 0.2) is 0 Å². The van der Waals surface area contributed by atoms with E-state index in [1.165, 1.54) is 19.4 Å². The van der Waals surface area contributed by atoms with Crippen LogP contribution in [0.3, 0.4) is 0 Å². The lowest BCUT2D eigenvalue weighted by atomic mass is 9.94. The molecule has 0 aromatic rings. The molecular weight excluding hydrogens is 206 g/mol. The first-order valence-electron chi connectivity index (χ1n) is 6.02. The van der Waals surface area contributed by atoms with Crippen LogP contribution < -0.4 is 0 Å². The molecule has 0 saturated carbocycles. The topological polar surface area (TPSA) is 12.5 Å². The molecule has 1 rings (SSSR count). The van der Waals surface area contributed by atoms with Crippen LogP contribution >= 0.6 is 12.6 Å². The second kappa shape index (κ2) is 6.12. The van der Waals surface area contributed by atoms with Crippen LogP contribution in [0.1, 0.15) is 33.6 Å². The molecule has 1 aliphatic rings. The van der Waals surface area contributed by atoms with Gasteiger partial charge in [-0.1, -0.05) is 13.8 Å². The molecule has 1 atom stereocenters. The standard InChI is InChI=1S/C12H25NOS/c1-4-14-11-6-5-7-13(8-11)9-12(2,3)10-15/h11,15H,4-10H2,1-3H3. The molecule has 1 saturated heterocycles. The largest absolute Gasteiger partial charge is 0.377 e. The maximum Gasteiger partial charge on any atom is 0.0702 e. The van der Waals surface area contributed by atoms with Crippen LogP contribution in [-0.2, 0) is 4.74 Å². The van der Waals surface area contributed by atoms with Gasteiger partial charge in [0.05, 0.1) is 6.10 Å². The van der Waals surface area contributed by atoms with Crippen molar-refractivity contribution in [3.05, 3.63) is 0 Å². The molecule has 0 N–H and O–H groups in total. The van der Waals surface area contributed by atoms with Crippen molar-refractivity contribution in [1.82, 2.24) is 4.90 Å². The fourth-order valence-electron chi connectivity index (χ4n) is 2.18. The minimum absolute atomic E-state index is 0.317. The number of thiol groups is 1. The molecule has 0 bridgehead atoms. The molecule has 1 heterocycles. The second-order valence-corrected chi connectivity index (χ2v) is 5.59. The average Bonchev–Trinajstić information content (AvgIpc) is 2.18. The van der Waals surface area contributed by atoms with E-state index >= 15 is 0 Å². The second-order valence-electron chi connectivity index (χ2n) is 5.28. The van der Waals surface area contributed by atoms with E-state index in [9.17, 15) is 0 Å². The zero-order valence-electron chi connectivity index (χ0n) is 10.3. The fraction of sp³-hybridized carbons (Fsp3) is 1.00.